The van der Waals surface area contributed by atoms with Crippen LogP contribution in [0.25, 0.3) is 17.5 Å². The van der Waals surface area contributed by atoms with E-state index < -0.39 is 0 Å². The minimum Gasteiger partial charge on any atom is -0.497 e. The molecule has 0 spiro atoms. The second-order valence-corrected chi connectivity index (χ2v) is 4.92. The van der Waals surface area contributed by atoms with Crippen molar-refractivity contribution in [2.45, 2.75) is 0 Å². The molecule has 0 aliphatic rings. The predicted octanol–water partition coefficient (Wildman–Crippen LogP) is 3.76. The van der Waals surface area contributed by atoms with Crippen molar-refractivity contribution in [1.82, 2.24) is 14.9 Å². The van der Waals surface area contributed by atoms with Gasteiger partial charge >= 0.3 is 0 Å². The van der Waals surface area contributed by atoms with Crippen molar-refractivity contribution < 1.29 is 9.15 Å². The molecular weight excluding hydrogens is 312 g/mol. The van der Waals surface area contributed by atoms with Crippen LogP contribution >= 0.6 is 12.2 Å². The van der Waals surface area contributed by atoms with E-state index in [-0.39, 0.29) is 0 Å². The van der Waals surface area contributed by atoms with E-state index in [1.54, 1.807) is 36.4 Å². The van der Waals surface area contributed by atoms with Crippen molar-refractivity contribution in [2.75, 3.05) is 7.11 Å². The number of aromatic amines is 1. The lowest BCUT2D eigenvalue weighted by Gasteiger charge is -2.03. The summed E-state index contributed by atoms with van der Waals surface area (Å²) in [5.41, 5.74) is 0.851. The summed E-state index contributed by atoms with van der Waals surface area (Å²) in [6, 6.07) is 11.2. The summed E-state index contributed by atoms with van der Waals surface area (Å²) in [5.74, 6) is 2.10. The number of H-pyrrole nitrogens is 1. The third kappa shape index (κ3) is 3.46. The summed E-state index contributed by atoms with van der Waals surface area (Å²) >= 11 is 5.22. The molecule has 0 amide bonds. The summed E-state index contributed by atoms with van der Waals surface area (Å²) in [7, 11) is 1.62. The van der Waals surface area contributed by atoms with Gasteiger partial charge in [0.2, 0.25) is 4.77 Å². The number of aromatic nitrogens is 3. The van der Waals surface area contributed by atoms with E-state index in [1.807, 2.05) is 36.4 Å². The molecule has 6 nitrogen and oxygen atoms in total. The standard InChI is InChI=1S/C16H14N4O2S/c1-21-14-6-2-5-12(11-14)15-18-19-16(23)20(15)17-9-3-7-13-8-4-10-22-13/h2-11H,1H3,(H,19,23). The van der Waals surface area contributed by atoms with Crippen molar-refractivity contribution >= 4 is 24.5 Å². The average Bonchev–Trinajstić information content (AvgIpc) is 3.22. The van der Waals surface area contributed by atoms with Crippen LogP contribution in [0, 0.1) is 4.77 Å². The molecule has 0 bridgehead atoms. The van der Waals surface area contributed by atoms with Crippen LogP contribution in [0.4, 0.5) is 0 Å². The zero-order chi connectivity index (χ0) is 16.1. The third-order valence-electron chi connectivity index (χ3n) is 3.05. The first kappa shape index (κ1) is 15.0. The molecule has 0 saturated heterocycles. The molecule has 0 saturated carbocycles. The van der Waals surface area contributed by atoms with Gasteiger partial charge in [-0.3, -0.25) is 0 Å². The number of nitrogens with one attached hydrogen (secondary N) is 1. The number of furan rings is 1. The average molecular weight is 326 g/mol. The van der Waals surface area contributed by atoms with Gasteiger partial charge in [0.25, 0.3) is 0 Å². The first-order chi connectivity index (χ1) is 11.3. The largest absolute Gasteiger partial charge is 0.497 e. The molecule has 1 aromatic carbocycles. The Morgan fingerprint density at radius 1 is 1.35 bits per heavy atom. The van der Waals surface area contributed by atoms with E-state index in [4.69, 9.17) is 21.4 Å². The number of nitrogens with zero attached hydrogens (tertiary/aromatic N) is 3. The van der Waals surface area contributed by atoms with Gasteiger partial charge in [0.15, 0.2) is 5.82 Å². The highest BCUT2D eigenvalue weighted by Gasteiger charge is 2.08. The third-order valence-corrected chi connectivity index (χ3v) is 3.31. The van der Waals surface area contributed by atoms with E-state index in [0.717, 1.165) is 17.1 Å². The van der Waals surface area contributed by atoms with Crippen LogP contribution in [0.2, 0.25) is 0 Å². The summed E-state index contributed by atoms with van der Waals surface area (Å²) < 4.78 is 12.4. The molecule has 3 rings (SSSR count). The number of rotatable bonds is 5. The second-order valence-electron chi connectivity index (χ2n) is 4.54. The monoisotopic (exact) mass is 326 g/mol. The van der Waals surface area contributed by atoms with E-state index in [9.17, 15) is 0 Å². The van der Waals surface area contributed by atoms with E-state index in [2.05, 4.69) is 15.3 Å². The van der Waals surface area contributed by atoms with Crippen LogP contribution in [0.15, 0.2) is 58.3 Å². The Morgan fingerprint density at radius 3 is 3.04 bits per heavy atom. The number of methoxy groups -OCH3 is 1. The number of hydrogen-bond donors (Lipinski definition) is 1. The van der Waals surface area contributed by atoms with Crippen LogP contribution in [-0.2, 0) is 0 Å². The molecule has 0 fully saturated rings. The van der Waals surface area contributed by atoms with Gasteiger partial charge in [-0.1, -0.05) is 12.1 Å². The SMILES string of the molecule is COc1cccc(-c2n[nH]c(=S)n2N=CC=Cc2ccco2)c1. The summed E-state index contributed by atoms with van der Waals surface area (Å²) in [4.78, 5) is 0. The van der Waals surface area contributed by atoms with E-state index in [0.29, 0.717) is 10.6 Å². The number of ether oxygens (including phenoxy) is 1. The van der Waals surface area contributed by atoms with Crippen LogP contribution in [-0.4, -0.2) is 28.2 Å². The zero-order valence-electron chi connectivity index (χ0n) is 12.3. The summed E-state index contributed by atoms with van der Waals surface area (Å²) in [5, 5.41) is 11.3. The Kier molecular flexibility index (Phi) is 4.49. The molecular formula is C16H14N4O2S. The number of hydrogen-bond acceptors (Lipinski definition) is 5. The lowest BCUT2D eigenvalue weighted by molar-refractivity contribution is 0.415. The smallest absolute Gasteiger partial charge is 0.216 e. The molecule has 1 N–H and O–H groups in total. The summed E-state index contributed by atoms with van der Waals surface area (Å²) in [6.07, 6.45) is 6.81. The van der Waals surface area contributed by atoms with Gasteiger partial charge in [-0.05, 0) is 48.6 Å². The summed E-state index contributed by atoms with van der Waals surface area (Å²) in [6.45, 7) is 0. The molecule has 2 aromatic heterocycles. The highest BCUT2D eigenvalue weighted by Crippen LogP contribution is 2.22. The Balaban J connectivity index is 1.88. The molecule has 0 unspecified atom stereocenters. The number of benzene rings is 1. The first-order valence-electron chi connectivity index (χ1n) is 6.84. The fourth-order valence-corrected chi connectivity index (χ4v) is 2.16. The highest BCUT2D eigenvalue weighted by atomic mass is 32.1. The predicted molar refractivity (Wildman–Crippen MR) is 91.0 cm³/mol. The lowest BCUT2D eigenvalue weighted by atomic mass is 10.2. The number of allylic oxidation sites excluding steroid dienone is 1. The molecule has 0 aliphatic heterocycles. The maximum Gasteiger partial charge on any atom is 0.216 e. The van der Waals surface area contributed by atoms with Crippen molar-refractivity contribution in [1.29, 1.82) is 0 Å². The molecule has 2 heterocycles. The zero-order valence-corrected chi connectivity index (χ0v) is 13.2. The van der Waals surface area contributed by atoms with Gasteiger partial charge in [0, 0.05) is 11.8 Å². The molecule has 0 atom stereocenters. The molecule has 3 aromatic rings. The Labute approximate surface area is 137 Å². The molecule has 7 heteroatoms. The van der Waals surface area contributed by atoms with Gasteiger partial charge < -0.3 is 9.15 Å². The van der Waals surface area contributed by atoms with Crippen molar-refractivity contribution in [3.05, 3.63) is 59.3 Å². The molecule has 0 aliphatic carbocycles. The Morgan fingerprint density at radius 2 is 2.26 bits per heavy atom. The van der Waals surface area contributed by atoms with Gasteiger partial charge in [0.05, 0.1) is 13.4 Å². The fourth-order valence-electron chi connectivity index (χ4n) is 1.98. The normalized spacial score (nSPS) is 11.5. The van der Waals surface area contributed by atoms with Gasteiger partial charge in [-0.15, -0.1) is 0 Å². The van der Waals surface area contributed by atoms with Crippen LogP contribution in [0.1, 0.15) is 5.76 Å². The lowest BCUT2D eigenvalue weighted by Crippen LogP contribution is -1.94. The van der Waals surface area contributed by atoms with Gasteiger partial charge in [-0.2, -0.15) is 14.9 Å². The van der Waals surface area contributed by atoms with E-state index in [1.165, 1.54) is 0 Å². The highest BCUT2D eigenvalue weighted by molar-refractivity contribution is 7.71. The molecule has 116 valence electrons. The van der Waals surface area contributed by atoms with E-state index >= 15 is 0 Å². The molecule has 23 heavy (non-hydrogen) atoms. The fraction of sp³-hybridized carbons (Fsp3) is 0.0625. The minimum absolute atomic E-state index is 0.408. The maximum atomic E-state index is 5.23. The van der Waals surface area contributed by atoms with Crippen LogP contribution < -0.4 is 4.74 Å². The quantitative estimate of drug-likeness (QED) is 0.572. The van der Waals surface area contributed by atoms with Crippen LogP contribution in [0.5, 0.6) is 5.75 Å². The first-order valence-corrected chi connectivity index (χ1v) is 7.25. The second kappa shape index (κ2) is 6.89. The van der Waals surface area contributed by atoms with Crippen molar-refractivity contribution in [3.63, 3.8) is 0 Å². The Bertz CT molecular complexity index is 891. The van der Waals surface area contributed by atoms with Crippen molar-refractivity contribution in [2.24, 2.45) is 5.10 Å². The molecule has 0 radical (unpaired) electrons. The Hall–Kier alpha value is -2.93. The van der Waals surface area contributed by atoms with Gasteiger partial charge in [-0.25, -0.2) is 5.10 Å². The van der Waals surface area contributed by atoms with Crippen LogP contribution in [0.3, 0.4) is 0 Å². The van der Waals surface area contributed by atoms with Crippen molar-refractivity contribution in [3.8, 4) is 17.1 Å². The maximum absolute atomic E-state index is 5.23. The minimum atomic E-state index is 0.408. The topological polar surface area (TPSA) is 68.3 Å². The van der Waals surface area contributed by atoms with Gasteiger partial charge in [0.1, 0.15) is 11.5 Å².